The summed E-state index contributed by atoms with van der Waals surface area (Å²) in [6.45, 7) is 8.05. The van der Waals surface area contributed by atoms with Crippen molar-refractivity contribution >= 4 is 23.6 Å². The van der Waals surface area contributed by atoms with E-state index in [9.17, 15) is 14.4 Å². The third-order valence-corrected chi connectivity index (χ3v) is 4.47. The number of hydrogen-bond donors (Lipinski definition) is 1. The Morgan fingerprint density at radius 1 is 1.21 bits per heavy atom. The Labute approximate surface area is 171 Å². The van der Waals surface area contributed by atoms with Gasteiger partial charge in [0.2, 0.25) is 5.91 Å². The molecule has 0 aliphatic rings. The molecule has 0 saturated carbocycles. The Bertz CT molecular complexity index is 740. The zero-order valence-corrected chi connectivity index (χ0v) is 18.7. The molecule has 0 spiro atoms. The number of carbonyl (C=O) groups is 2. The lowest BCUT2D eigenvalue weighted by Crippen LogP contribution is -2.42. The first-order valence-electron chi connectivity index (χ1n) is 9.21. The van der Waals surface area contributed by atoms with Gasteiger partial charge in [0.15, 0.2) is 5.16 Å². The first-order valence-corrected chi connectivity index (χ1v) is 10.4. The van der Waals surface area contributed by atoms with Crippen LogP contribution in [0.3, 0.4) is 0 Å². The molecule has 8 nitrogen and oxygen atoms in total. The van der Waals surface area contributed by atoms with Gasteiger partial charge in [0, 0.05) is 30.8 Å². The molecule has 1 aromatic heterocycles. The average molecular weight is 413 g/mol. The van der Waals surface area contributed by atoms with Gasteiger partial charge in [-0.1, -0.05) is 11.8 Å². The number of aromatic amines is 1. The Balaban J connectivity index is 2.83. The molecule has 1 heterocycles. The van der Waals surface area contributed by atoms with E-state index in [2.05, 4.69) is 9.97 Å². The first kappa shape index (κ1) is 24.2. The molecule has 1 rings (SSSR count). The van der Waals surface area contributed by atoms with Crippen molar-refractivity contribution in [1.29, 1.82) is 0 Å². The number of carbonyl (C=O) groups excluding carboxylic acids is 2. The van der Waals surface area contributed by atoms with E-state index in [1.165, 1.54) is 16.7 Å². The fraction of sp³-hybridized carbons (Fsp3) is 0.684. The van der Waals surface area contributed by atoms with Crippen molar-refractivity contribution in [1.82, 2.24) is 19.8 Å². The summed E-state index contributed by atoms with van der Waals surface area (Å²) in [4.78, 5) is 47.6. The van der Waals surface area contributed by atoms with Crippen molar-refractivity contribution in [2.75, 3.05) is 40.0 Å². The van der Waals surface area contributed by atoms with Crippen molar-refractivity contribution in [3.05, 3.63) is 21.6 Å². The number of hydrogen-bond acceptors (Lipinski definition) is 7. The Morgan fingerprint density at radius 3 is 2.36 bits per heavy atom. The standard InChI is InChI=1S/C19H32N4O4S/c1-13-14(17(26)21-18(20-13)28-7)8-9-15(24)23(11-10-22(5)6)12-16(25)27-19(2,3)4/h8-12H2,1-7H3,(H,20,21,26). The lowest BCUT2D eigenvalue weighted by atomic mass is 10.1. The highest BCUT2D eigenvalue weighted by Gasteiger charge is 2.22. The highest BCUT2D eigenvalue weighted by molar-refractivity contribution is 7.98. The van der Waals surface area contributed by atoms with Crippen LogP contribution in [0.1, 0.15) is 38.4 Å². The minimum Gasteiger partial charge on any atom is -0.459 e. The molecular weight excluding hydrogens is 380 g/mol. The summed E-state index contributed by atoms with van der Waals surface area (Å²) in [6, 6.07) is 0. The largest absolute Gasteiger partial charge is 0.459 e. The van der Waals surface area contributed by atoms with Gasteiger partial charge in [0.1, 0.15) is 12.1 Å². The normalized spacial score (nSPS) is 11.6. The third-order valence-electron chi connectivity index (χ3n) is 3.89. The van der Waals surface area contributed by atoms with Crippen LogP contribution >= 0.6 is 11.8 Å². The van der Waals surface area contributed by atoms with Crippen molar-refractivity contribution in [3.63, 3.8) is 0 Å². The molecule has 0 aliphatic heterocycles. The van der Waals surface area contributed by atoms with Crippen molar-refractivity contribution in [2.24, 2.45) is 0 Å². The van der Waals surface area contributed by atoms with Crippen LogP contribution in [0.15, 0.2) is 9.95 Å². The third kappa shape index (κ3) is 8.43. The number of nitrogens with zero attached hydrogens (tertiary/aromatic N) is 3. The van der Waals surface area contributed by atoms with Gasteiger partial charge in [0.05, 0.1) is 0 Å². The second kappa shape index (κ2) is 10.6. The van der Waals surface area contributed by atoms with E-state index in [0.29, 0.717) is 29.5 Å². The fourth-order valence-corrected chi connectivity index (χ4v) is 2.93. The Kier molecular flexibility index (Phi) is 9.16. The monoisotopic (exact) mass is 412 g/mol. The molecule has 0 saturated heterocycles. The van der Waals surface area contributed by atoms with E-state index in [0.717, 1.165) is 0 Å². The van der Waals surface area contributed by atoms with Crippen molar-refractivity contribution in [2.45, 2.75) is 51.3 Å². The zero-order chi connectivity index (χ0) is 21.5. The molecule has 1 N–H and O–H groups in total. The number of aromatic nitrogens is 2. The molecule has 158 valence electrons. The zero-order valence-electron chi connectivity index (χ0n) is 17.9. The van der Waals surface area contributed by atoms with Gasteiger partial charge in [-0.3, -0.25) is 14.4 Å². The SMILES string of the molecule is CSc1nc(C)c(CCC(=O)N(CCN(C)C)CC(=O)OC(C)(C)C)c(=O)[nH]1. The van der Waals surface area contributed by atoms with Crippen molar-refractivity contribution < 1.29 is 14.3 Å². The highest BCUT2D eigenvalue weighted by atomic mass is 32.2. The summed E-state index contributed by atoms with van der Waals surface area (Å²) < 4.78 is 5.34. The summed E-state index contributed by atoms with van der Waals surface area (Å²) in [5.74, 6) is -0.639. The molecule has 1 aromatic rings. The number of H-pyrrole nitrogens is 1. The Hall–Kier alpha value is -1.87. The summed E-state index contributed by atoms with van der Waals surface area (Å²) in [5, 5.41) is 0.551. The van der Waals surface area contributed by atoms with Crippen LogP contribution in [-0.2, 0) is 20.7 Å². The van der Waals surface area contributed by atoms with E-state index < -0.39 is 11.6 Å². The van der Waals surface area contributed by atoms with E-state index in [4.69, 9.17) is 4.74 Å². The molecule has 0 bridgehead atoms. The smallest absolute Gasteiger partial charge is 0.326 e. The van der Waals surface area contributed by atoms with E-state index >= 15 is 0 Å². The number of aryl methyl sites for hydroxylation is 1. The van der Waals surface area contributed by atoms with Gasteiger partial charge in [-0.15, -0.1) is 0 Å². The number of ether oxygens (including phenoxy) is 1. The molecule has 0 atom stereocenters. The van der Waals surface area contributed by atoms with Crippen LogP contribution in [-0.4, -0.2) is 77.2 Å². The predicted molar refractivity (Wildman–Crippen MR) is 111 cm³/mol. The number of likely N-dealkylation sites (N-methyl/N-ethyl adjacent to an activating group) is 1. The van der Waals surface area contributed by atoms with Gasteiger partial charge in [-0.2, -0.15) is 0 Å². The molecule has 28 heavy (non-hydrogen) atoms. The number of thioether (sulfide) groups is 1. The minimum absolute atomic E-state index is 0.108. The lowest BCUT2D eigenvalue weighted by Gasteiger charge is -2.26. The number of rotatable bonds is 9. The summed E-state index contributed by atoms with van der Waals surface area (Å²) in [5.41, 5.74) is 0.281. The van der Waals surface area contributed by atoms with Crippen LogP contribution in [0.5, 0.6) is 0 Å². The van der Waals surface area contributed by atoms with E-state index in [-0.39, 0.29) is 30.9 Å². The molecule has 0 radical (unpaired) electrons. The van der Waals surface area contributed by atoms with Crippen LogP contribution in [0.25, 0.3) is 0 Å². The van der Waals surface area contributed by atoms with E-state index in [1.807, 2.05) is 25.3 Å². The van der Waals surface area contributed by atoms with Gasteiger partial charge in [-0.05, 0) is 54.5 Å². The number of nitrogens with one attached hydrogen (secondary N) is 1. The maximum absolute atomic E-state index is 12.7. The molecular formula is C19H32N4O4S. The van der Waals surface area contributed by atoms with Gasteiger partial charge >= 0.3 is 5.97 Å². The number of amides is 1. The van der Waals surface area contributed by atoms with Gasteiger partial charge < -0.3 is 19.5 Å². The topological polar surface area (TPSA) is 95.6 Å². The number of esters is 1. The molecule has 0 fully saturated rings. The van der Waals surface area contributed by atoms with Crippen molar-refractivity contribution in [3.8, 4) is 0 Å². The maximum Gasteiger partial charge on any atom is 0.326 e. The van der Waals surface area contributed by atoms with Crippen LogP contribution < -0.4 is 5.56 Å². The van der Waals surface area contributed by atoms with E-state index in [1.54, 1.807) is 27.7 Å². The predicted octanol–water partition coefficient (Wildman–Crippen LogP) is 1.46. The average Bonchev–Trinajstić information content (AvgIpc) is 2.55. The highest BCUT2D eigenvalue weighted by Crippen LogP contribution is 2.11. The van der Waals surface area contributed by atoms with Gasteiger partial charge in [-0.25, -0.2) is 4.98 Å². The molecule has 0 aromatic carbocycles. The summed E-state index contributed by atoms with van der Waals surface area (Å²) >= 11 is 1.36. The molecule has 0 aliphatic carbocycles. The van der Waals surface area contributed by atoms with Crippen LogP contribution in [0.2, 0.25) is 0 Å². The minimum atomic E-state index is -0.609. The summed E-state index contributed by atoms with van der Waals surface area (Å²) in [7, 11) is 3.80. The molecule has 0 unspecified atom stereocenters. The second-order valence-electron chi connectivity index (χ2n) is 7.84. The maximum atomic E-state index is 12.7. The summed E-state index contributed by atoms with van der Waals surface area (Å²) in [6.07, 6.45) is 2.23. The first-order chi connectivity index (χ1) is 12.9. The molecule has 1 amide bonds. The molecule has 9 heteroatoms. The quantitative estimate of drug-likeness (QED) is 0.373. The van der Waals surface area contributed by atoms with Gasteiger partial charge in [0.25, 0.3) is 5.56 Å². The fourth-order valence-electron chi connectivity index (χ4n) is 2.51. The second-order valence-corrected chi connectivity index (χ2v) is 8.64. The van der Waals surface area contributed by atoms with Crippen LogP contribution in [0.4, 0.5) is 0 Å². The Morgan fingerprint density at radius 2 is 1.86 bits per heavy atom. The van der Waals surface area contributed by atoms with Crippen LogP contribution in [0, 0.1) is 6.92 Å². The lowest BCUT2D eigenvalue weighted by molar-refractivity contribution is -0.159.